The van der Waals surface area contributed by atoms with Gasteiger partial charge in [-0.3, -0.25) is 0 Å². The first-order chi connectivity index (χ1) is 8.43. The Labute approximate surface area is 99.2 Å². The SMILES string of the molecule is C1=NC=NC(=Cc2cccc3ccccc23)N1. The highest BCUT2D eigenvalue weighted by atomic mass is 15.1. The molecule has 0 amide bonds. The molecule has 1 N–H and O–H groups in total. The lowest BCUT2D eigenvalue weighted by Gasteiger charge is -2.06. The summed E-state index contributed by atoms with van der Waals surface area (Å²) in [6.07, 6.45) is 5.18. The van der Waals surface area contributed by atoms with E-state index in [0.29, 0.717) is 0 Å². The molecule has 0 spiro atoms. The summed E-state index contributed by atoms with van der Waals surface area (Å²) in [7, 11) is 0. The van der Waals surface area contributed by atoms with Crippen LogP contribution in [0.15, 0.2) is 58.3 Å². The quantitative estimate of drug-likeness (QED) is 0.789. The summed E-state index contributed by atoms with van der Waals surface area (Å²) in [5.41, 5.74) is 1.15. The second-order valence-corrected chi connectivity index (χ2v) is 3.77. The highest BCUT2D eigenvalue weighted by molar-refractivity contribution is 5.91. The smallest absolute Gasteiger partial charge is 0.133 e. The molecule has 17 heavy (non-hydrogen) atoms. The molecule has 1 aliphatic heterocycles. The molecule has 0 fully saturated rings. The topological polar surface area (TPSA) is 36.8 Å². The third kappa shape index (κ3) is 1.95. The summed E-state index contributed by atoms with van der Waals surface area (Å²) in [5.74, 6) is 0.802. The van der Waals surface area contributed by atoms with Crippen LogP contribution in [0.4, 0.5) is 0 Å². The van der Waals surface area contributed by atoms with Gasteiger partial charge in [-0.15, -0.1) is 0 Å². The van der Waals surface area contributed by atoms with Crippen molar-refractivity contribution in [1.82, 2.24) is 5.32 Å². The lowest BCUT2D eigenvalue weighted by molar-refractivity contribution is 1.10. The van der Waals surface area contributed by atoms with Crippen molar-refractivity contribution in [2.75, 3.05) is 0 Å². The van der Waals surface area contributed by atoms with Crippen molar-refractivity contribution in [2.24, 2.45) is 9.98 Å². The third-order valence-electron chi connectivity index (χ3n) is 2.67. The van der Waals surface area contributed by atoms with E-state index in [0.717, 1.165) is 11.4 Å². The minimum Gasteiger partial charge on any atom is -0.331 e. The molecule has 3 nitrogen and oxygen atoms in total. The molecule has 82 valence electrons. The van der Waals surface area contributed by atoms with Crippen LogP contribution in [-0.4, -0.2) is 12.7 Å². The highest BCUT2D eigenvalue weighted by Crippen LogP contribution is 2.20. The van der Waals surface area contributed by atoms with Crippen molar-refractivity contribution in [3.63, 3.8) is 0 Å². The van der Waals surface area contributed by atoms with Crippen molar-refractivity contribution in [3.8, 4) is 0 Å². The van der Waals surface area contributed by atoms with Crippen molar-refractivity contribution in [3.05, 3.63) is 53.8 Å². The first-order valence-electron chi connectivity index (χ1n) is 5.44. The molecule has 0 aromatic heterocycles. The molecule has 2 aromatic rings. The summed E-state index contributed by atoms with van der Waals surface area (Å²) >= 11 is 0. The van der Waals surface area contributed by atoms with Crippen molar-refractivity contribution in [1.29, 1.82) is 0 Å². The van der Waals surface area contributed by atoms with Gasteiger partial charge in [-0.2, -0.15) is 0 Å². The van der Waals surface area contributed by atoms with Crippen LogP contribution in [0.2, 0.25) is 0 Å². The Morgan fingerprint density at radius 2 is 1.88 bits per heavy atom. The first kappa shape index (κ1) is 9.78. The Hall–Kier alpha value is -2.42. The molecule has 0 saturated carbocycles. The van der Waals surface area contributed by atoms with Crippen LogP contribution >= 0.6 is 0 Å². The molecule has 1 heterocycles. The van der Waals surface area contributed by atoms with Gasteiger partial charge in [0.15, 0.2) is 0 Å². The Morgan fingerprint density at radius 3 is 2.76 bits per heavy atom. The van der Waals surface area contributed by atoms with Crippen molar-refractivity contribution < 1.29 is 0 Å². The van der Waals surface area contributed by atoms with E-state index in [2.05, 4.69) is 45.6 Å². The van der Waals surface area contributed by atoms with Gasteiger partial charge in [0.1, 0.15) is 12.2 Å². The molecule has 0 atom stereocenters. The van der Waals surface area contributed by atoms with Gasteiger partial charge in [-0.1, -0.05) is 42.5 Å². The second kappa shape index (κ2) is 4.22. The lowest BCUT2D eigenvalue weighted by atomic mass is 10.0. The van der Waals surface area contributed by atoms with Gasteiger partial charge in [-0.25, -0.2) is 9.98 Å². The van der Waals surface area contributed by atoms with Crippen LogP contribution in [-0.2, 0) is 0 Å². The molecule has 1 aliphatic rings. The number of rotatable bonds is 1. The molecular formula is C14H11N3. The fourth-order valence-corrected chi connectivity index (χ4v) is 1.87. The molecule has 0 aliphatic carbocycles. The zero-order chi connectivity index (χ0) is 11.5. The van der Waals surface area contributed by atoms with Gasteiger partial charge >= 0.3 is 0 Å². The van der Waals surface area contributed by atoms with E-state index in [1.165, 1.54) is 17.1 Å². The fourth-order valence-electron chi connectivity index (χ4n) is 1.87. The number of fused-ring (bicyclic) bond motifs is 1. The van der Waals surface area contributed by atoms with Gasteiger partial charge < -0.3 is 5.32 Å². The summed E-state index contributed by atoms with van der Waals surface area (Å²) in [4.78, 5) is 8.02. The Kier molecular flexibility index (Phi) is 2.43. The van der Waals surface area contributed by atoms with Gasteiger partial charge in [0.25, 0.3) is 0 Å². The maximum absolute atomic E-state index is 4.16. The summed E-state index contributed by atoms with van der Waals surface area (Å²) in [6.45, 7) is 0. The zero-order valence-corrected chi connectivity index (χ0v) is 9.17. The normalized spacial score (nSPS) is 16.4. The monoisotopic (exact) mass is 221 g/mol. The Morgan fingerprint density at radius 1 is 1.00 bits per heavy atom. The first-order valence-corrected chi connectivity index (χ1v) is 5.44. The zero-order valence-electron chi connectivity index (χ0n) is 9.17. The third-order valence-corrected chi connectivity index (χ3v) is 2.67. The van der Waals surface area contributed by atoms with Gasteiger partial charge in [-0.05, 0) is 22.4 Å². The number of hydrogen-bond donors (Lipinski definition) is 1. The average Bonchev–Trinajstić information content (AvgIpc) is 2.40. The van der Waals surface area contributed by atoms with E-state index in [9.17, 15) is 0 Å². The van der Waals surface area contributed by atoms with E-state index in [4.69, 9.17) is 0 Å². The molecule has 0 saturated heterocycles. The van der Waals surface area contributed by atoms with Gasteiger partial charge in [0.2, 0.25) is 0 Å². The van der Waals surface area contributed by atoms with Crippen LogP contribution in [0, 0.1) is 0 Å². The number of aliphatic imine (C=N–C) groups is 2. The molecular weight excluding hydrogens is 210 g/mol. The summed E-state index contributed by atoms with van der Waals surface area (Å²) in [6, 6.07) is 14.6. The standard InChI is InChI=1S/C14H11N3/c1-2-7-13-11(4-1)5-3-6-12(13)8-14-16-9-15-10-17-14/h1-10H,(H,15,16,17). The summed E-state index contributed by atoms with van der Waals surface area (Å²) < 4.78 is 0. The Balaban J connectivity index is 2.12. The molecule has 0 unspecified atom stereocenters. The van der Waals surface area contributed by atoms with E-state index in [-0.39, 0.29) is 0 Å². The van der Waals surface area contributed by atoms with Crippen LogP contribution < -0.4 is 5.32 Å². The van der Waals surface area contributed by atoms with Crippen molar-refractivity contribution in [2.45, 2.75) is 0 Å². The van der Waals surface area contributed by atoms with E-state index in [1.54, 1.807) is 6.34 Å². The van der Waals surface area contributed by atoms with E-state index < -0.39 is 0 Å². The fraction of sp³-hybridized carbons (Fsp3) is 0. The molecule has 0 radical (unpaired) electrons. The van der Waals surface area contributed by atoms with Crippen LogP contribution in [0.1, 0.15) is 5.56 Å². The number of nitrogens with one attached hydrogen (secondary N) is 1. The minimum atomic E-state index is 0.802. The predicted octanol–water partition coefficient (Wildman–Crippen LogP) is 2.80. The van der Waals surface area contributed by atoms with E-state index in [1.807, 2.05) is 18.2 Å². The molecule has 0 bridgehead atoms. The van der Waals surface area contributed by atoms with Crippen LogP contribution in [0.5, 0.6) is 0 Å². The predicted molar refractivity (Wildman–Crippen MR) is 72.0 cm³/mol. The largest absolute Gasteiger partial charge is 0.331 e. The highest BCUT2D eigenvalue weighted by Gasteiger charge is 2.00. The second-order valence-electron chi connectivity index (χ2n) is 3.77. The maximum atomic E-state index is 4.16. The molecule has 3 heteroatoms. The van der Waals surface area contributed by atoms with Crippen LogP contribution in [0.3, 0.4) is 0 Å². The van der Waals surface area contributed by atoms with Gasteiger partial charge in [0, 0.05) is 0 Å². The Bertz CT molecular complexity index is 633. The molecule has 3 rings (SSSR count). The number of benzene rings is 2. The lowest BCUT2D eigenvalue weighted by Crippen LogP contribution is -2.12. The number of hydrogen-bond acceptors (Lipinski definition) is 3. The molecule has 2 aromatic carbocycles. The number of nitrogens with zero attached hydrogens (tertiary/aromatic N) is 2. The van der Waals surface area contributed by atoms with Crippen molar-refractivity contribution >= 4 is 29.5 Å². The van der Waals surface area contributed by atoms with E-state index >= 15 is 0 Å². The summed E-state index contributed by atoms with van der Waals surface area (Å²) in [5, 5.41) is 5.46. The minimum absolute atomic E-state index is 0.802. The average molecular weight is 221 g/mol. The van der Waals surface area contributed by atoms with Gasteiger partial charge in [0.05, 0.1) is 6.34 Å². The maximum Gasteiger partial charge on any atom is 0.133 e. The van der Waals surface area contributed by atoms with Crippen LogP contribution in [0.25, 0.3) is 16.8 Å².